The molecule has 4 aliphatic rings. The minimum absolute atomic E-state index is 0.172. The van der Waals surface area contributed by atoms with Gasteiger partial charge in [0.15, 0.2) is 24.6 Å². The van der Waals surface area contributed by atoms with Crippen molar-refractivity contribution in [3.05, 3.63) is 0 Å². The fraction of sp³-hybridized carbons (Fsp3) is 0.778. The minimum Gasteiger partial charge on any atom is -0.463 e. The fourth-order valence-corrected chi connectivity index (χ4v) is 6.13. The van der Waals surface area contributed by atoms with Gasteiger partial charge in [-0.3, -0.25) is 28.8 Å². The molecule has 1 saturated carbocycles. The first kappa shape index (κ1) is 32.6. The van der Waals surface area contributed by atoms with E-state index in [0.717, 1.165) is 27.7 Å². The molecule has 0 unspecified atom stereocenters. The number of fused-ring (bicyclic) bond motifs is 3. The van der Waals surface area contributed by atoms with Crippen LogP contribution in [-0.2, 0) is 76.1 Å². The Balaban J connectivity index is 1.68. The number of carbonyl (C=O) groups excluding carboxylic acids is 6. The van der Waals surface area contributed by atoms with Crippen LogP contribution in [0.3, 0.4) is 0 Å². The molecule has 0 amide bonds. The van der Waals surface area contributed by atoms with Crippen LogP contribution in [0.25, 0.3) is 0 Å². The van der Waals surface area contributed by atoms with Crippen molar-refractivity contribution in [1.29, 1.82) is 0 Å². The molecule has 3 saturated heterocycles. The molecule has 0 radical (unpaired) electrons. The molecule has 16 nitrogen and oxygen atoms in total. The predicted octanol–water partition coefficient (Wildman–Crippen LogP) is -0.289. The third-order valence-electron chi connectivity index (χ3n) is 7.56. The molecule has 16 heteroatoms. The molecule has 4 fully saturated rings. The molecule has 0 bridgehead atoms. The number of carbonyl (C=O) groups is 6. The lowest BCUT2D eigenvalue weighted by Crippen LogP contribution is -2.64. The number of esters is 6. The zero-order valence-corrected chi connectivity index (χ0v) is 24.6. The Hall–Kier alpha value is -3.34. The van der Waals surface area contributed by atoms with E-state index < -0.39 is 103 Å². The summed E-state index contributed by atoms with van der Waals surface area (Å²) in [4.78, 5) is 71.6. The van der Waals surface area contributed by atoms with Gasteiger partial charge in [-0.15, -0.1) is 0 Å². The number of hydrogen-bond donors (Lipinski definition) is 0. The van der Waals surface area contributed by atoms with Crippen LogP contribution in [0.4, 0.5) is 0 Å². The maximum Gasteiger partial charge on any atom is 0.303 e. The Kier molecular flexibility index (Phi) is 9.93. The quantitative estimate of drug-likeness (QED) is 0.176. The van der Waals surface area contributed by atoms with E-state index in [9.17, 15) is 28.8 Å². The first-order valence-electron chi connectivity index (χ1n) is 13.8. The van der Waals surface area contributed by atoms with E-state index in [2.05, 4.69) is 0 Å². The largest absolute Gasteiger partial charge is 0.463 e. The second-order valence-electron chi connectivity index (χ2n) is 10.8. The van der Waals surface area contributed by atoms with Gasteiger partial charge >= 0.3 is 35.8 Å². The van der Waals surface area contributed by atoms with Crippen LogP contribution in [0.15, 0.2) is 0 Å². The van der Waals surface area contributed by atoms with Crippen molar-refractivity contribution >= 4 is 35.8 Å². The van der Waals surface area contributed by atoms with Crippen molar-refractivity contribution < 1.29 is 76.1 Å². The standard InChI is InChI=1S/C27H36O16/c1-11(28)35-9-18-21(38-14(4)31)22(39-15(5)32)23(40-16(6)33)26(41-18)42-25-19-17(7-8-34-25)20(37-13(3)30)24-27(19,43-24)10-36-12(2)29/h17-26H,7-10H2,1-6H3/t17-,18-,19-,20+,21-,22+,23-,24+,25+,26+,27-/m1/s1. The normalized spacial score (nSPS) is 37.5. The number of hydrogen-bond acceptors (Lipinski definition) is 16. The van der Waals surface area contributed by atoms with Crippen molar-refractivity contribution in [1.82, 2.24) is 0 Å². The average molecular weight is 617 g/mol. The Morgan fingerprint density at radius 1 is 0.674 bits per heavy atom. The van der Waals surface area contributed by atoms with Crippen LogP contribution in [0.2, 0.25) is 0 Å². The van der Waals surface area contributed by atoms with Crippen LogP contribution in [0.1, 0.15) is 48.0 Å². The van der Waals surface area contributed by atoms with Gasteiger partial charge in [-0.2, -0.15) is 0 Å². The van der Waals surface area contributed by atoms with E-state index in [1.807, 2.05) is 0 Å². The minimum atomic E-state index is -1.51. The Bertz CT molecular complexity index is 1120. The van der Waals surface area contributed by atoms with Gasteiger partial charge in [-0.1, -0.05) is 0 Å². The van der Waals surface area contributed by atoms with Gasteiger partial charge in [0, 0.05) is 47.5 Å². The SMILES string of the molecule is CC(=O)OC[C@H]1O[C@@H](O[C@@H]2OCC[C@H]3[C@H](OC(C)=O)[C@@H]4O[C@]4(COC(C)=O)[C@@H]23)[C@H](OC(C)=O)[C@@H](OC(C)=O)[C@@H]1OC(C)=O. The molecule has 0 spiro atoms. The maximum absolute atomic E-state index is 12.2. The molecule has 43 heavy (non-hydrogen) atoms. The van der Waals surface area contributed by atoms with Crippen LogP contribution in [0, 0.1) is 11.8 Å². The lowest BCUT2D eigenvalue weighted by atomic mass is 9.83. The molecule has 1 aliphatic carbocycles. The lowest BCUT2D eigenvalue weighted by Gasteiger charge is -2.46. The van der Waals surface area contributed by atoms with Crippen molar-refractivity contribution in [2.24, 2.45) is 11.8 Å². The zero-order chi connectivity index (χ0) is 31.6. The first-order valence-corrected chi connectivity index (χ1v) is 13.8. The van der Waals surface area contributed by atoms with Gasteiger partial charge in [0.2, 0.25) is 6.29 Å². The van der Waals surface area contributed by atoms with Crippen molar-refractivity contribution in [2.45, 2.75) is 103 Å². The third kappa shape index (κ3) is 7.25. The molecule has 4 rings (SSSR count). The molecular weight excluding hydrogens is 580 g/mol. The number of rotatable bonds is 10. The molecule has 240 valence electrons. The highest BCUT2D eigenvalue weighted by Crippen LogP contribution is 2.61. The summed E-state index contributed by atoms with van der Waals surface area (Å²) < 4.78 is 56.6. The number of epoxide rings is 1. The molecule has 0 aromatic carbocycles. The van der Waals surface area contributed by atoms with E-state index in [1.165, 1.54) is 13.8 Å². The van der Waals surface area contributed by atoms with Gasteiger partial charge in [-0.05, 0) is 6.42 Å². The highest BCUT2D eigenvalue weighted by molar-refractivity contribution is 5.69. The van der Waals surface area contributed by atoms with Gasteiger partial charge in [0.05, 0.1) is 12.5 Å². The maximum atomic E-state index is 12.2. The molecule has 0 aromatic heterocycles. The second kappa shape index (κ2) is 13.1. The summed E-state index contributed by atoms with van der Waals surface area (Å²) in [6.07, 6.45) is -9.00. The lowest BCUT2D eigenvalue weighted by molar-refractivity contribution is -0.357. The van der Waals surface area contributed by atoms with Gasteiger partial charge in [0.25, 0.3) is 0 Å². The van der Waals surface area contributed by atoms with E-state index in [-0.39, 0.29) is 19.1 Å². The molecular formula is C27H36O16. The van der Waals surface area contributed by atoms with E-state index >= 15 is 0 Å². The fourth-order valence-electron chi connectivity index (χ4n) is 6.13. The molecule has 0 aromatic rings. The molecule has 3 aliphatic heterocycles. The van der Waals surface area contributed by atoms with Crippen molar-refractivity contribution in [3.8, 4) is 0 Å². The summed E-state index contributed by atoms with van der Waals surface area (Å²) in [5.74, 6) is -5.09. The van der Waals surface area contributed by atoms with Gasteiger partial charge in [0.1, 0.15) is 37.1 Å². The average Bonchev–Trinajstić information content (AvgIpc) is 3.56. The monoisotopic (exact) mass is 616 g/mol. The van der Waals surface area contributed by atoms with Crippen LogP contribution in [0.5, 0.6) is 0 Å². The second-order valence-corrected chi connectivity index (χ2v) is 10.8. The summed E-state index contributed by atoms with van der Waals surface area (Å²) >= 11 is 0. The number of ether oxygens (including phenoxy) is 10. The summed E-state index contributed by atoms with van der Waals surface area (Å²) in [7, 11) is 0. The van der Waals surface area contributed by atoms with Crippen molar-refractivity contribution in [2.75, 3.05) is 19.8 Å². The Morgan fingerprint density at radius 2 is 1.23 bits per heavy atom. The van der Waals surface area contributed by atoms with Crippen molar-refractivity contribution in [3.63, 3.8) is 0 Å². The Labute approximate surface area is 246 Å². The Morgan fingerprint density at radius 3 is 1.81 bits per heavy atom. The van der Waals surface area contributed by atoms with E-state index in [1.54, 1.807) is 0 Å². The predicted molar refractivity (Wildman–Crippen MR) is 134 cm³/mol. The van der Waals surface area contributed by atoms with E-state index in [4.69, 9.17) is 47.4 Å². The van der Waals surface area contributed by atoms with Crippen LogP contribution in [-0.4, -0.2) is 110 Å². The summed E-state index contributed by atoms with van der Waals surface area (Å²) in [5, 5.41) is 0. The highest BCUT2D eigenvalue weighted by Gasteiger charge is 2.78. The molecule has 3 heterocycles. The van der Waals surface area contributed by atoms with Crippen LogP contribution >= 0.6 is 0 Å². The van der Waals surface area contributed by atoms with Gasteiger partial charge in [-0.25, -0.2) is 0 Å². The smallest absolute Gasteiger partial charge is 0.303 e. The summed E-state index contributed by atoms with van der Waals surface area (Å²) in [5.41, 5.74) is -1.11. The molecule has 0 N–H and O–H groups in total. The van der Waals surface area contributed by atoms with Crippen LogP contribution < -0.4 is 0 Å². The highest BCUT2D eigenvalue weighted by atomic mass is 16.8. The van der Waals surface area contributed by atoms with E-state index in [0.29, 0.717) is 6.42 Å². The molecule has 11 atom stereocenters. The third-order valence-corrected chi connectivity index (χ3v) is 7.56. The first-order chi connectivity index (χ1) is 20.2. The zero-order valence-electron chi connectivity index (χ0n) is 24.6. The summed E-state index contributed by atoms with van der Waals surface area (Å²) in [6.45, 7) is 6.56. The summed E-state index contributed by atoms with van der Waals surface area (Å²) in [6, 6.07) is 0. The van der Waals surface area contributed by atoms with Gasteiger partial charge < -0.3 is 47.4 Å². The topological polar surface area (TPSA) is 198 Å².